The topological polar surface area (TPSA) is 119 Å². The van der Waals surface area contributed by atoms with Gasteiger partial charge in [0.25, 0.3) is 5.91 Å². The molecule has 0 spiro atoms. The molecule has 9 heteroatoms. The summed E-state index contributed by atoms with van der Waals surface area (Å²) in [5.41, 5.74) is 0.840. The summed E-state index contributed by atoms with van der Waals surface area (Å²) < 4.78 is 27.9. The lowest BCUT2D eigenvalue weighted by Crippen LogP contribution is -2.45. The number of benzene rings is 1. The van der Waals surface area contributed by atoms with E-state index in [0.29, 0.717) is 6.42 Å². The van der Waals surface area contributed by atoms with Crippen LogP contribution in [0.2, 0.25) is 0 Å². The van der Waals surface area contributed by atoms with Crippen molar-refractivity contribution in [1.82, 2.24) is 10.6 Å². The summed E-state index contributed by atoms with van der Waals surface area (Å²) in [4.78, 5) is 36.0. The van der Waals surface area contributed by atoms with Crippen LogP contribution in [0.25, 0.3) is 6.08 Å². The van der Waals surface area contributed by atoms with Crippen LogP contribution in [-0.4, -0.2) is 55.9 Å². The molecule has 1 heterocycles. The zero-order valence-electron chi connectivity index (χ0n) is 15.8. The van der Waals surface area contributed by atoms with Crippen molar-refractivity contribution in [2.75, 3.05) is 11.5 Å². The van der Waals surface area contributed by atoms with Crippen molar-refractivity contribution in [3.05, 3.63) is 42.0 Å². The Morgan fingerprint density at radius 2 is 1.86 bits per heavy atom. The number of rotatable bonds is 7. The van der Waals surface area contributed by atoms with E-state index in [4.69, 9.17) is 4.74 Å². The first kappa shape index (κ1) is 21.6. The minimum Gasteiger partial charge on any atom is -0.451 e. The van der Waals surface area contributed by atoms with Gasteiger partial charge in [0.1, 0.15) is 6.04 Å². The molecule has 1 aromatic rings. The van der Waals surface area contributed by atoms with E-state index in [-0.39, 0.29) is 11.5 Å². The van der Waals surface area contributed by atoms with Crippen molar-refractivity contribution < 1.29 is 27.5 Å². The molecule has 0 aromatic heterocycles. The molecular formula is C19H24N2O6S. The van der Waals surface area contributed by atoms with Gasteiger partial charge >= 0.3 is 5.97 Å². The number of amides is 2. The van der Waals surface area contributed by atoms with Crippen LogP contribution in [0.4, 0.5) is 0 Å². The zero-order valence-corrected chi connectivity index (χ0v) is 16.6. The predicted molar refractivity (Wildman–Crippen MR) is 104 cm³/mol. The smallest absolute Gasteiger partial charge is 0.329 e. The molecule has 1 fully saturated rings. The van der Waals surface area contributed by atoms with Crippen LogP contribution in [0.5, 0.6) is 0 Å². The summed E-state index contributed by atoms with van der Waals surface area (Å²) in [6.07, 6.45) is 2.15. The standard InChI is InChI=1S/C19H24N2O6S/c1-13(20-17(22)9-8-15-6-4-3-5-7-15)19(24)27-14(2)18(23)21-16-10-11-28(25,26)12-16/h3-9,13-14,16H,10-12H2,1-2H3,(H,20,22)(H,21,23)/b9-8+/t13-,14+,16+/m0/s1. The van der Waals surface area contributed by atoms with Gasteiger partial charge in [0.2, 0.25) is 5.91 Å². The number of hydrogen-bond donors (Lipinski definition) is 2. The second kappa shape index (κ2) is 9.50. The highest BCUT2D eigenvalue weighted by Crippen LogP contribution is 2.11. The summed E-state index contributed by atoms with van der Waals surface area (Å²) in [7, 11) is -3.12. The Morgan fingerprint density at radius 1 is 1.18 bits per heavy atom. The third kappa shape index (κ3) is 6.80. The summed E-state index contributed by atoms with van der Waals surface area (Å²) in [6, 6.07) is 7.78. The van der Waals surface area contributed by atoms with Gasteiger partial charge in [-0.2, -0.15) is 0 Å². The highest BCUT2D eigenvalue weighted by Gasteiger charge is 2.31. The average molecular weight is 408 g/mol. The summed E-state index contributed by atoms with van der Waals surface area (Å²) in [5.74, 6) is -1.88. The molecule has 2 N–H and O–H groups in total. The monoisotopic (exact) mass is 408 g/mol. The first-order valence-corrected chi connectivity index (χ1v) is 10.7. The average Bonchev–Trinajstić information content (AvgIpc) is 2.99. The summed E-state index contributed by atoms with van der Waals surface area (Å²) >= 11 is 0. The number of esters is 1. The molecule has 1 aliphatic rings. The Hall–Kier alpha value is -2.68. The Morgan fingerprint density at radius 3 is 2.46 bits per heavy atom. The minimum absolute atomic E-state index is 0.0334. The lowest BCUT2D eigenvalue weighted by molar-refractivity contribution is -0.157. The fourth-order valence-corrected chi connectivity index (χ4v) is 4.29. The van der Waals surface area contributed by atoms with Crippen LogP contribution in [-0.2, 0) is 29.0 Å². The van der Waals surface area contributed by atoms with Crippen LogP contribution in [0.3, 0.4) is 0 Å². The van der Waals surface area contributed by atoms with Crippen LogP contribution < -0.4 is 10.6 Å². The van der Waals surface area contributed by atoms with Crippen molar-refractivity contribution in [2.45, 2.75) is 38.5 Å². The predicted octanol–water partition coefficient (Wildman–Crippen LogP) is 0.440. The largest absolute Gasteiger partial charge is 0.451 e. The fraction of sp³-hybridized carbons (Fsp3) is 0.421. The molecule has 3 atom stereocenters. The first-order valence-electron chi connectivity index (χ1n) is 8.91. The Bertz CT molecular complexity index is 850. The van der Waals surface area contributed by atoms with E-state index in [1.54, 1.807) is 6.08 Å². The number of ether oxygens (including phenoxy) is 1. The molecule has 2 amide bonds. The first-order chi connectivity index (χ1) is 13.2. The number of sulfone groups is 1. The maximum Gasteiger partial charge on any atom is 0.329 e. The highest BCUT2D eigenvalue weighted by atomic mass is 32.2. The van der Waals surface area contributed by atoms with Gasteiger partial charge in [0.05, 0.1) is 11.5 Å². The van der Waals surface area contributed by atoms with E-state index < -0.39 is 45.8 Å². The molecule has 2 rings (SSSR count). The van der Waals surface area contributed by atoms with Crippen molar-refractivity contribution >= 4 is 33.7 Å². The number of carbonyl (C=O) groups excluding carboxylic acids is 3. The third-order valence-electron chi connectivity index (χ3n) is 4.18. The lowest BCUT2D eigenvalue weighted by Gasteiger charge is -2.18. The van der Waals surface area contributed by atoms with Gasteiger partial charge in [-0.1, -0.05) is 30.3 Å². The van der Waals surface area contributed by atoms with Gasteiger partial charge in [-0.15, -0.1) is 0 Å². The molecule has 0 unspecified atom stereocenters. The second-order valence-corrected chi connectivity index (χ2v) is 8.89. The Kier molecular flexibility index (Phi) is 7.33. The molecule has 0 saturated carbocycles. The van der Waals surface area contributed by atoms with E-state index in [1.807, 2.05) is 30.3 Å². The third-order valence-corrected chi connectivity index (χ3v) is 5.95. The van der Waals surface area contributed by atoms with E-state index >= 15 is 0 Å². The Balaban J connectivity index is 1.78. The molecule has 152 valence electrons. The van der Waals surface area contributed by atoms with Gasteiger partial charge in [-0.05, 0) is 31.9 Å². The van der Waals surface area contributed by atoms with Gasteiger partial charge in [-0.3, -0.25) is 9.59 Å². The van der Waals surface area contributed by atoms with E-state index in [1.165, 1.54) is 19.9 Å². The molecule has 1 aliphatic heterocycles. The van der Waals surface area contributed by atoms with Crippen molar-refractivity contribution in [1.29, 1.82) is 0 Å². The van der Waals surface area contributed by atoms with Crippen molar-refractivity contribution in [3.63, 3.8) is 0 Å². The molecule has 8 nitrogen and oxygen atoms in total. The lowest BCUT2D eigenvalue weighted by atomic mass is 10.2. The molecule has 1 saturated heterocycles. The normalized spacial score (nSPS) is 20.3. The quantitative estimate of drug-likeness (QED) is 0.499. The number of carbonyl (C=O) groups is 3. The molecule has 0 bridgehead atoms. The second-order valence-electron chi connectivity index (χ2n) is 6.66. The molecule has 0 aliphatic carbocycles. The van der Waals surface area contributed by atoms with Crippen LogP contribution in [0.15, 0.2) is 36.4 Å². The molecule has 0 radical (unpaired) electrons. The van der Waals surface area contributed by atoms with Crippen molar-refractivity contribution in [2.24, 2.45) is 0 Å². The highest BCUT2D eigenvalue weighted by molar-refractivity contribution is 7.91. The van der Waals surface area contributed by atoms with E-state index in [0.717, 1.165) is 5.56 Å². The maximum atomic E-state index is 12.1. The fourth-order valence-electron chi connectivity index (χ4n) is 2.61. The van der Waals surface area contributed by atoms with Gasteiger partial charge in [0, 0.05) is 12.1 Å². The SMILES string of the molecule is C[C@H](NC(=O)/C=C/c1ccccc1)C(=O)O[C@H](C)C(=O)N[C@@H]1CCS(=O)(=O)C1. The number of hydrogen-bond acceptors (Lipinski definition) is 6. The van der Waals surface area contributed by atoms with Crippen molar-refractivity contribution in [3.8, 4) is 0 Å². The molecular weight excluding hydrogens is 384 g/mol. The van der Waals surface area contributed by atoms with Gasteiger partial charge < -0.3 is 15.4 Å². The maximum absolute atomic E-state index is 12.1. The van der Waals surface area contributed by atoms with Crippen LogP contribution in [0.1, 0.15) is 25.8 Å². The van der Waals surface area contributed by atoms with Crippen LogP contribution in [0, 0.1) is 0 Å². The van der Waals surface area contributed by atoms with Crippen LogP contribution >= 0.6 is 0 Å². The van der Waals surface area contributed by atoms with E-state index in [2.05, 4.69) is 10.6 Å². The van der Waals surface area contributed by atoms with Gasteiger partial charge in [0.15, 0.2) is 15.9 Å². The Labute approximate surface area is 164 Å². The summed E-state index contributed by atoms with van der Waals surface area (Å²) in [6.45, 7) is 2.84. The zero-order chi connectivity index (χ0) is 20.7. The molecule has 28 heavy (non-hydrogen) atoms. The van der Waals surface area contributed by atoms with Gasteiger partial charge in [-0.25, -0.2) is 13.2 Å². The minimum atomic E-state index is -3.12. The number of nitrogens with one attached hydrogen (secondary N) is 2. The molecule has 1 aromatic carbocycles. The van der Waals surface area contributed by atoms with E-state index in [9.17, 15) is 22.8 Å². The summed E-state index contributed by atoms with van der Waals surface area (Å²) in [5, 5.41) is 5.03.